The van der Waals surface area contributed by atoms with Gasteiger partial charge in [-0.25, -0.2) is 4.98 Å². The van der Waals surface area contributed by atoms with Crippen LogP contribution in [-0.2, 0) is 6.54 Å². The molecule has 0 atom stereocenters. The summed E-state index contributed by atoms with van der Waals surface area (Å²) >= 11 is 1.44. The smallest absolute Gasteiger partial charge is 0.268 e. The van der Waals surface area contributed by atoms with Gasteiger partial charge in [-0.2, -0.15) is 0 Å². The molecule has 0 aliphatic rings. The number of hydrogen-bond acceptors (Lipinski definition) is 5. The number of carbonyl (C=O) groups is 2. The number of fused-ring (bicyclic) bond motifs is 1. The van der Waals surface area contributed by atoms with E-state index in [2.05, 4.69) is 36.5 Å². The monoisotopic (exact) mass is 523 g/mol. The Balaban J connectivity index is 1.42. The summed E-state index contributed by atoms with van der Waals surface area (Å²) in [5.41, 5.74) is 10.9. The number of rotatable bonds is 8. The number of nitrogens with one attached hydrogen (secondary N) is 1. The number of aryl methyl sites for hydroxylation is 2. The van der Waals surface area contributed by atoms with Crippen molar-refractivity contribution in [3.05, 3.63) is 101 Å². The van der Waals surface area contributed by atoms with Crippen LogP contribution in [0.3, 0.4) is 0 Å². The maximum atomic E-state index is 13.2. The van der Waals surface area contributed by atoms with E-state index in [1.807, 2.05) is 53.1 Å². The number of nitrogens with zero attached hydrogens (tertiary/aromatic N) is 3. The third-order valence-electron chi connectivity index (χ3n) is 6.42. The first-order chi connectivity index (χ1) is 18.4. The lowest BCUT2D eigenvalue weighted by Crippen LogP contribution is -2.26. The zero-order valence-electron chi connectivity index (χ0n) is 21.3. The number of amides is 2. The van der Waals surface area contributed by atoms with Gasteiger partial charge in [-0.05, 0) is 67.9 Å². The largest absolute Gasteiger partial charge is 0.330 e. The molecule has 0 radical (unpaired) electrons. The van der Waals surface area contributed by atoms with Crippen LogP contribution in [0.1, 0.15) is 32.0 Å². The van der Waals surface area contributed by atoms with Gasteiger partial charge in [0.2, 0.25) is 5.95 Å². The highest BCUT2D eigenvalue weighted by Crippen LogP contribution is 2.30. The minimum atomic E-state index is -0.214. The van der Waals surface area contributed by atoms with E-state index in [0.29, 0.717) is 40.7 Å². The first-order valence-electron chi connectivity index (χ1n) is 12.5. The van der Waals surface area contributed by atoms with E-state index in [1.54, 1.807) is 24.1 Å². The van der Waals surface area contributed by atoms with Crippen LogP contribution in [0, 0.1) is 6.92 Å². The lowest BCUT2D eigenvalue weighted by molar-refractivity contribution is 0.0991. The van der Waals surface area contributed by atoms with E-state index < -0.39 is 0 Å². The average molecular weight is 524 g/mol. The summed E-state index contributed by atoms with van der Waals surface area (Å²) in [5, 5.41) is 3.00. The number of anilines is 2. The molecule has 7 nitrogen and oxygen atoms in total. The molecule has 3 aromatic carbocycles. The topological polar surface area (TPSA) is 93.2 Å². The number of nitrogens with two attached hydrogens (primary N) is 1. The van der Waals surface area contributed by atoms with Gasteiger partial charge in [0, 0.05) is 29.7 Å². The minimum Gasteiger partial charge on any atom is -0.330 e. The summed E-state index contributed by atoms with van der Waals surface area (Å²) < 4.78 is 1.97. The molecular weight excluding hydrogens is 494 g/mol. The molecule has 2 aromatic heterocycles. The predicted molar refractivity (Wildman–Crippen MR) is 155 cm³/mol. The molecule has 0 saturated carbocycles. The molecule has 0 spiro atoms. The fourth-order valence-corrected chi connectivity index (χ4v) is 5.19. The Morgan fingerprint density at radius 1 is 1.00 bits per heavy atom. The second kappa shape index (κ2) is 11.0. The Morgan fingerprint density at radius 3 is 2.50 bits per heavy atom. The Hall–Kier alpha value is -4.27. The van der Waals surface area contributed by atoms with Crippen molar-refractivity contribution >= 4 is 45.8 Å². The molecule has 5 rings (SSSR count). The first kappa shape index (κ1) is 25.4. The van der Waals surface area contributed by atoms with Crippen molar-refractivity contribution in [1.29, 1.82) is 0 Å². The fraction of sp³-hybridized carbons (Fsp3) is 0.167. The highest BCUT2D eigenvalue weighted by molar-refractivity contribution is 7.17. The van der Waals surface area contributed by atoms with E-state index in [9.17, 15) is 9.59 Å². The van der Waals surface area contributed by atoms with E-state index in [1.165, 1.54) is 16.9 Å². The summed E-state index contributed by atoms with van der Waals surface area (Å²) in [6.45, 7) is 3.18. The predicted octanol–water partition coefficient (Wildman–Crippen LogP) is 5.95. The van der Waals surface area contributed by atoms with Crippen molar-refractivity contribution in [2.75, 3.05) is 23.8 Å². The van der Waals surface area contributed by atoms with Crippen LogP contribution in [0.15, 0.2) is 84.9 Å². The van der Waals surface area contributed by atoms with Crippen molar-refractivity contribution in [3.8, 4) is 10.4 Å². The Labute approximate surface area is 225 Å². The van der Waals surface area contributed by atoms with Crippen molar-refractivity contribution in [3.63, 3.8) is 0 Å². The molecule has 0 bridgehead atoms. The zero-order chi connectivity index (χ0) is 26.6. The number of aromatic nitrogens is 2. The normalized spacial score (nSPS) is 11.0. The molecule has 2 amide bonds. The van der Waals surface area contributed by atoms with Crippen LogP contribution >= 0.6 is 11.3 Å². The van der Waals surface area contributed by atoms with Crippen LogP contribution < -0.4 is 16.0 Å². The van der Waals surface area contributed by atoms with Crippen LogP contribution in [0.25, 0.3) is 21.5 Å². The quantitative estimate of drug-likeness (QED) is 0.263. The van der Waals surface area contributed by atoms with Gasteiger partial charge in [0.05, 0.1) is 15.9 Å². The Bertz CT molecular complexity index is 1590. The summed E-state index contributed by atoms with van der Waals surface area (Å²) in [6.07, 6.45) is 0.735. The average Bonchev–Trinajstić information content (AvgIpc) is 3.57. The van der Waals surface area contributed by atoms with Gasteiger partial charge in [-0.3, -0.25) is 14.9 Å². The molecular formula is C30H29N5O2S. The van der Waals surface area contributed by atoms with Crippen molar-refractivity contribution in [2.45, 2.75) is 19.9 Å². The highest BCUT2D eigenvalue weighted by Gasteiger charge is 2.19. The van der Waals surface area contributed by atoms with Crippen LogP contribution in [0.5, 0.6) is 0 Å². The van der Waals surface area contributed by atoms with Crippen LogP contribution in [0.4, 0.5) is 11.6 Å². The molecule has 38 heavy (non-hydrogen) atoms. The van der Waals surface area contributed by atoms with E-state index in [-0.39, 0.29) is 11.8 Å². The van der Waals surface area contributed by atoms with Gasteiger partial charge in [-0.15, -0.1) is 11.3 Å². The standard InChI is InChI=1S/C30H29N5O2S/c1-20-9-11-21(12-10-20)26-15-16-27(38-26)28(36)33-30-32-24-19-23(13-14-25(24)35(30)18-6-17-31)34(2)29(37)22-7-4-3-5-8-22/h3-5,7-16,19H,6,17-18,31H2,1-2H3,(H,32,33,36). The van der Waals surface area contributed by atoms with Gasteiger partial charge in [-0.1, -0.05) is 48.0 Å². The fourth-order valence-electron chi connectivity index (χ4n) is 4.29. The maximum Gasteiger partial charge on any atom is 0.268 e. The molecule has 0 unspecified atom stereocenters. The Morgan fingerprint density at radius 2 is 1.76 bits per heavy atom. The van der Waals surface area contributed by atoms with Gasteiger partial charge in [0.25, 0.3) is 11.8 Å². The van der Waals surface area contributed by atoms with Gasteiger partial charge in [0.15, 0.2) is 0 Å². The SMILES string of the molecule is Cc1ccc(-c2ccc(C(=O)Nc3nc4cc(N(C)C(=O)c5ccccc5)ccc4n3CCCN)s2)cc1. The zero-order valence-corrected chi connectivity index (χ0v) is 22.2. The molecule has 0 aliphatic carbocycles. The minimum absolute atomic E-state index is 0.108. The summed E-state index contributed by atoms with van der Waals surface area (Å²) in [7, 11) is 1.74. The second-order valence-electron chi connectivity index (χ2n) is 9.12. The number of thiophene rings is 1. The van der Waals surface area contributed by atoms with Crippen molar-refractivity contribution < 1.29 is 9.59 Å². The highest BCUT2D eigenvalue weighted by atomic mass is 32.1. The lowest BCUT2D eigenvalue weighted by Gasteiger charge is -2.17. The molecule has 0 saturated heterocycles. The molecule has 3 N–H and O–H groups in total. The first-order valence-corrected chi connectivity index (χ1v) is 13.3. The maximum absolute atomic E-state index is 13.2. The van der Waals surface area contributed by atoms with Crippen molar-refractivity contribution in [2.24, 2.45) is 5.73 Å². The Kier molecular flexibility index (Phi) is 7.35. The third-order valence-corrected chi connectivity index (χ3v) is 7.55. The number of carbonyl (C=O) groups excluding carboxylic acids is 2. The second-order valence-corrected chi connectivity index (χ2v) is 10.2. The van der Waals surface area contributed by atoms with Crippen LogP contribution in [0.2, 0.25) is 0 Å². The van der Waals surface area contributed by atoms with E-state index >= 15 is 0 Å². The number of imidazole rings is 1. The summed E-state index contributed by atoms with van der Waals surface area (Å²) in [6, 6.07) is 26.9. The molecule has 2 heterocycles. The molecule has 0 aliphatic heterocycles. The van der Waals surface area contributed by atoms with Crippen molar-refractivity contribution in [1.82, 2.24) is 9.55 Å². The summed E-state index contributed by atoms with van der Waals surface area (Å²) in [5.74, 6) is 0.135. The van der Waals surface area contributed by atoms with Crippen LogP contribution in [-0.4, -0.2) is 35.0 Å². The van der Waals surface area contributed by atoms with E-state index in [4.69, 9.17) is 10.7 Å². The number of benzene rings is 3. The van der Waals surface area contributed by atoms with Gasteiger partial charge >= 0.3 is 0 Å². The summed E-state index contributed by atoms with van der Waals surface area (Å²) in [4.78, 5) is 34.1. The molecule has 5 aromatic rings. The molecule has 0 fully saturated rings. The van der Waals surface area contributed by atoms with E-state index in [0.717, 1.165) is 22.4 Å². The lowest BCUT2D eigenvalue weighted by atomic mass is 10.1. The van der Waals surface area contributed by atoms with Gasteiger partial charge in [0.1, 0.15) is 0 Å². The number of hydrogen-bond donors (Lipinski definition) is 2. The third kappa shape index (κ3) is 5.22. The van der Waals surface area contributed by atoms with Gasteiger partial charge < -0.3 is 15.2 Å². The molecule has 8 heteroatoms. The molecule has 192 valence electrons.